The van der Waals surface area contributed by atoms with Crippen LogP contribution in [0.5, 0.6) is 0 Å². The Kier molecular flexibility index (Phi) is 3.66. The first-order chi connectivity index (χ1) is 6.72. The second-order valence-electron chi connectivity index (χ2n) is 3.06. The summed E-state index contributed by atoms with van der Waals surface area (Å²) in [4.78, 5) is 4.24. The molecular weight excluding hydrogens is 180 g/mol. The highest BCUT2D eigenvalue weighted by atomic mass is 16.5. The third-order valence-corrected chi connectivity index (χ3v) is 1.96. The van der Waals surface area contributed by atoms with Crippen LogP contribution in [-0.4, -0.2) is 12.1 Å². The van der Waals surface area contributed by atoms with E-state index in [1.807, 2.05) is 6.92 Å². The smallest absolute Gasteiger partial charge is 0.220 e. The van der Waals surface area contributed by atoms with Crippen molar-refractivity contribution in [2.24, 2.45) is 0 Å². The summed E-state index contributed by atoms with van der Waals surface area (Å²) in [6, 6.07) is 2.14. The number of aromatic nitrogens is 1. The van der Waals surface area contributed by atoms with E-state index in [-0.39, 0.29) is 5.92 Å². The Morgan fingerprint density at radius 1 is 1.64 bits per heavy atom. The zero-order valence-corrected chi connectivity index (χ0v) is 8.70. The van der Waals surface area contributed by atoms with E-state index in [0.29, 0.717) is 18.3 Å². The molecule has 0 fully saturated rings. The Balaban J connectivity index is 2.97. The van der Waals surface area contributed by atoms with Gasteiger partial charge in [-0.15, -0.1) is 0 Å². The Morgan fingerprint density at radius 3 is 2.86 bits per heavy atom. The summed E-state index contributed by atoms with van der Waals surface area (Å²) in [5, 5.41) is 8.78. The third-order valence-electron chi connectivity index (χ3n) is 1.96. The summed E-state index contributed by atoms with van der Waals surface area (Å²) < 4.78 is 10.4. The minimum absolute atomic E-state index is 0.247. The average molecular weight is 194 g/mol. The molecule has 76 valence electrons. The van der Waals surface area contributed by atoms with Crippen LogP contribution in [0.2, 0.25) is 0 Å². The summed E-state index contributed by atoms with van der Waals surface area (Å²) >= 11 is 0. The quantitative estimate of drug-likeness (QED) is 0.735. The molecule has 0 saturated carbocycles. The minimum atomic E-state index is -0.247. The molecule has 1 heterocycles. The fraction of sp³-hybridized carbons (Fsp3) is 0.600. The van der Waals surface area contributed by atoms with Gasteiger partial charge in [-0.05, 0) is 13.3 Å². The van der Waals surface area contributed by atoms with Gasteiger partial charge < -0.3 is 9.15 Å². The van der Waals surface area contributed by atoms with E-state index < -0.39 is 0 Å². The van der Waals surface area contributed by atoms with Gasteiger partial charge >= 0.3 is 0 Å². The summed E-state index contributed by atoms with van der Waals surface area (Å²) in [5.41, 5.74) is 0.853. The van der Waals surface area contributed by atoms with Crippen molar-refractivity contribution in [3.05, 3.63) is 17.3 Å². The molecule has 1 aromatic heterocycles. The van der Waals surface area contributed by atoms with Gasteiger partial charge in [0.25, 0.3) is 0 Å². The number of hydrogen-bond donors (Lipinski definition) is 0. The highest BCUT2D eigenvalue weighted by molar-refractivity contribution is 5.19. The Morgan fingerprint density at radius 2 is 2.36 bits per heavy atom. The number of nitrogens with zero attached hydrogens (tertiary/aromatic N) is 2. The highest BCUT2D eigenvalue weighted by Gasteiger charge is 2.17. The summed E-state index contributed by atoms with van der Waals surface area (Å²) in [7, 11) is 1.59. The van der Waals surface area contributed by atoms with Gasteiger partial charge in [0.15, 0.2) is 0 Å². The van der Waals surface area contributed by atoms with Gasteiger partial charge in [-0.1, -0.05) is 6.92 Å². The van der Waals surface area contributed by atoms with E-state index in [0.717, 1.165) is 12.1 Å². The second kappa shape index (κ2) is 4.77. The molecule has 0 aliphatic rings. The van der Waals surface area contributed by atoms with Crippen LogP contribution >= 0.6 is 0 Å². The zero-order valence-electron chi connectivity index (χ0n) is 8.70. The van der Waals surface area contributed by atoms with E-state index >= 15 is 0 Å². The normalized spacial score (nSPS) is 12.4. The zero-order chi connectivity index (χ0) is 10.6. The molecule has 1 unspecified atom stereocenters. The van der Waals surface area contributed by atoms with Crippen LogP contribution in [0.4, 0.5) is 0 Å². The van der Waals surface area contributed by atoms with E-state index in [9.17, 15) is 0 Å². The average Bonchev–Trinajstić information content (AvgIpc) is 2.60. The first-order valence-electron chi connectivity index (χ1n) is 4.59. The number of hydrogen-bond acceptors (Lipinski definition) is 4. The molecule has 0 aromatic carbocycles. The van der Waals surface area contributed by atoms with Crippen molar-refractivity contribution in [3.63, 3.8) is 0 Å². The molecule has 4 heteroatoms. The van der Waals surface area contributed by atoms with E-state index in [4.69, 9.17) is 14.4 Å². The molecule has 4 nitrogen and oxygen atoms in total. The molecule has 1 aromatic rings. The van der Waals surface area contributed by atoms with Gasteiger partial charge in [0.2, 0.25) is 5.89 Å². The lowest BCUT2D eigenvalue weighted by molar-refractivity contribution is 0.158. The summed E-state index contributed by atoms with van der Waals surface area (Å²) in [6.45, 7) is 4.14. The lowest BCUT2D eigenvalue weighted by atomic mass is 10.1. The lowest BCUT2D eigenvalue weighted by Crippen LogP contribution is -1.92. The molecule has 0 N–H and O–H groups in total. The van der Waals surface area contributed by atoms with Gasteiger partial charge in [0.05, 0.1) is 11.8 Å². The van der Waals surface area contributed by atoms with Crippen molar-refractivity contribution in [1.82, 2.24) is 4.98 Å². The monoisotopic (exact) mass is 194 g/mol. The Bertz CT molecular complexity index is 338. The van der Waals surface area contributed by atoms with Crippen LogP contribution in [0.1, 0.15) is 37.1 Å². The topological polar surface area (TPSA) is 59.1 Å². The molecule has 1 atom stereocenters. The van der Waals surface area contributed by atoms with Crippen molar-refractivity contribution in [2.75, 3.05) is 7.11 Å². The predicted octanol–water partition coefficient (Wildman–Crippen LogP) is 2.01. The largest absolute Gasteiger partial charge is 0.441 e. The maximum absolute atomic E-state index is 8.78. The Labute approximate surface area is 83.5 Å². The number of methoxy groups -OCH3 is 1. The number of aryl methyl sites for hydroxylation is 1. The van der Waals surface area contributed by atoms with Crippen molar-refractivity contribution >= 4 is 0 Å². The first-order valence-corrected chi connectivity index (χ1v) is 4.59. The molecule has 0 aliphatic carbocycles. The SMILES string of the molecule is CCc1nc(COC)oc1C(C)C#N. The molecular formula is C10H14N2O2. The van der Waals surface area contributed by atoms with Crippen LogP contribution in [0.3, 0.4) is 0 Å². The molecule has 0 amide bonds. The van der Waals surface area contributed by atoms with Crippen molar-refractivity contribution in [3.8, 4) is 6.07 Å². The fourth-order valence-electron chi connectivity index (χ4n) is 1.25. The molecule has 0 radical (unpaired) electrons. The van der Waals surface area contributed by atoms with Crippen LogP contribution in [0.15, 0.2) is 4.42 Å². The van der Waals surface area contributed by atoms with Gasteiger partial charge in [-0.2, -0.15) is 5.26 Å². The number of ether oxygens (including phenoxy) is 1. The molecule has 0 bridgehead atoms. The van der Waals surface area contributed by atoms with Crippen LogP contribution in [0, 0.1) is 11.3 Å². The van der Waals surface area contributed by atoms with E-state index in [1.54, 1.807) is 14.0 Å². The maximum Gasteiger partial charge on any atom is 0.220 e. The molecule has 14 heavy (non-hydrogen) atoms. The van der Waals surface area contributed by atoms with Crippen molar-refractivity contribution < 1.29 is 9.15 Å². The van der Waals surface area contributed by atoms with Crippen LogP contribution in [0.25, 0.3) is 0 Å². The van der Waals surface area contributed by atoms with Crippen molar-refractivity contribution in [1.29, 1.82) is 5.26 Å². The summed E-state index contributed by atoms with van der Waals surface area (Å²) in [5.74, 6) is 0.964. The van der Waals surface area contributed by atoms with Gasteiger partial charge in [-0.3, -0.25) is 0 Å². The number of rotatable bonds is 4. The maximum atomic E-state index is 8.78. The van der Waals surface area contributed by atoms with Crippen LogP contribution < -0.4 is 0 Å². The van der Waals surface area contributed by atoms with E-state index in [1.165, 1.54) is 0 Å². The Hall–Kier alpha value is -1.34. The molecule has 0 saturated heterocycles. The predicted molar refractivity (Wildman–Crippen MR) is 50.6 cm³/mol. The lowest BCUT2D eigenvalue weighted by Gasteiger charge is -1.98. The van der Waals surface area contributed by atoms with Crippen LogP contribution in [-0.2, 0) is 17.8 Å². The van der Waals surface area contributed by atoms with Gasteiger partial charge in [0, 0.05) is 7.11 Å². The van der Waals surface area contributed by atoms with E-state index in [2.05, 4.69) is 11.1 Å². The molecule has 0 spiro atoms. The highest BCUT2D eigenvalue weighted by Crippen LogP contribution is 2.21. The summed E-state index contributed by atoms with van der Waals surface area (Å²) in [6.07, 6.45) is 0.772. The van der Waals surface area contributed by atoms with Gasteiger partial charge in [-0.25, -0.2) is 4.98 Å². The van der Waals surface area contributed by atoms with Crippen molar-refractivity contribution in [2.45, 2.75) is 32.8 Å². The molecule has 0 aliphatic heterocycles. The van der Waals surface area contributed by atoms with Gasteiger partial charge in [0.1, 0.15) is 18.3 Å². The standard InChI is InChI=1S/C10H14N2O2/c1-4-8-10(7(2)5-11)14-9(12-8)6-13-3/h7H,4,6H2,1-3H3. The minimum Gasteiger partial charge on any atom is -0.441 e. The third kappa shape index (κ3) is 2.12. The fourth-order valence-corrected chi connectivity index (χ4v) is 1.25. The second-order valence-corrected chi connectivity index (χ2v) is 3.06. The molecule has 1 rings (SSSR count). The first kappa shape index (κ1) is 10.7. The number of oxazole rings is 1. The number of nitriles is 1.